The Kier molecular flexibility index (Phi) is 22.8. The van der Waals surface area contributed by atoms with Crippen LogP contribution in [0.1, 0.15) is 76.9 Å². The van der Waals surface area contributed by atoms with E-state index < -0.39 is 0 Å². The minimum Gasteiger partial charge on any atom is -0.289 e. The van der Waals surface area contributed by atoms with Crippen molar-refractivity contribution in [2.24, 2.45) is 0 Å². The van der Waals surface area contributed by atoms with E-state index >= 15 is 0 Å². The third-order valence-corrected chi connectivity index (χ3v) is 2.43. The fourth-order valence-corrected chi connectivity index (χ4v) is 1.57. The van der Waals surface area contributed by atoms with Crippen molar-refractivity contribution >= 4 is 5.78 Å². The highest BCUT2D eigenvalue weighted by Crippen LogP contribution is 2.13. The Bertz CT molecular complexity index is 472. The van der Waals surface area contributed by atoms with Gasteiger partial charge in [0.15, 0.2) is 5.78 Å². The Morgan fingerprint density at radius 2 is 1.00 bits per heavy atom. The Hall–Kier alpha value is -1.89. The van der Waals surface area contributed by atoms with Crippen molar-refractivity contribution in [1.82, 2.24) is 0 Å². The third-order valence-electron chi connectivity index (χ3n) is 2.43. The zero-order chi connectivity index (χ0) is 18.7. The van der Waals surface area contributed by atoms with Gasteiger partial charge in [0.05, 0.1) is 0 Å². The molecule has 0 aliphatic carbocycles. The van der Waals surface area contributed by atoms with E-state index in [0.29, 0.717) is 0 Å². The van der Waals surface area contributed by atoms with Crippen molar-refractivity contribution in [3.05, 3.63) is 71.3 Å². The maximum atomic E-state index is 12.1. The first-order chi connectivity index (χ1) is 11.3. The van der Waals surface area contributed by atoms with Gasteiger partial charge in [0, 0.05) is 11.1 Å². The van der Waals surface area contributed by atoms with Crippen LogP contribution in [-0.4, -0.2) is 5.78 Å². The van der Waals surface area contributed by atoms with Gasteiger partial charge in [0.25, 0.3) is 0 Å². The summed E-state index contributed by atoms with van der Waals surface area (Å²) in [5.74, 6) is 0.0914. The molecule has 0 saturated heterocycles. The Labute approximate surface area is 144 Å². The van der Waals surface area contributed by atoms with Gasteiger partial charge in [-0.2, -0.15) is 0 Å². The molecule has 130 valence electrons. The van der Waals surface area contributed by atoms with Gasteiger partial charge >= 0.3 is 0 Å². The van der Waals surface area contributed by atoms with Crippen LogP contribution in [0.25, 0.3) is 0 Å². The SMILES string of the molecule is CC.CC.CC.CC.Cc1ccccc1C(=O)c1ccccc1. The van der Waals surface area contributed by atoms with Crippen molar-refractivity contribution < 1.29 is 4.79 Å². The highest BCUT2D eigenvalue weighted by molar-refractivity contribution is 6.09. The van der Waals surface area contributed by atoms with Gasteiger partial charge in [0.1, 0.15) is 0 Å². The Morgan fingerprint density at radius 1 is 0.609 bits per heavy atom. The molecule has 2 rings (SSSR count). The van der Waals surface area contributed by atoms with Crippen molar-refractivity contribution in [2.75, 3.05) is 0 Å². The maximum absolute atomic E-state index is 12.1. The second kappa shape index (κ2) is 20.1. The topological polar surface area (TPSA) is 17.1 Å². The molecule has 2 aromatic rings. The van der Waals surface area contributed by atoms with Crippen LogP contribution in [0.15, 0.2) is 54.6 Å². The van der Waals surface area contributed by atoms with Crippen LogP contribution < -0.4 is 0 Å². The molecular weight excluding hydrogens is 280 g/mol. The number of ketones is 1. The summed E-state index contributed by atoms with van der Waals surface area (Å²) in [6.45, 7) is 18.0. The normalized spacial score (nSPS) is 7.52. The molecule has 0 bridgehead atoms. The molecule has 0 radical (unpaired) electrons. The summed E-state index contributed by atoms with van der Waals surface area (Å²) >= 11 is 0. The van der Waals surface area contributed by atoms with Gasteiger partial charge in [-0.1, -0.05) is 110 Å². The molecule has 0 aliphatic heterocycles. The summed E-state index contributed by atoms with van der Waals surface area (Å²) in [7, 11) is 0. The first-order valence-electron chi connectivity index (χ1n) is 8.94. The van der Waals surface area contributed by atoms with Crippen LogP contribution in [-0.2, 0) is 0 Å². The highest BCUT2D eigenvalue weighted by atomic mass is 16.1. The van der Waals surface area contributed by atoms with Gasteiger partial charge in [-0.25, -0.2) is 0 Å². The molecule has 0 heterocycles. The zero-order valence-corrected chi connectivity index (χ0v) is 16.6. The van der Waals surface area contributed by atoms with Crippen LogP contribution in [0.3, 0.4) is 0 Å². The number of carbonyl (C=O) groups excluding carboxylic acids is 1. The molecule has 0 atom stereocenters. The molecule has 1 nitrogen and oxygen atoms in total. The lowest BCUT2D eigenvalue weighted by molar-refractivity contribution is 0.103. The van der Waals surface area contributed by atoms with Gasteiger partial charge in [-0.3, -0.25) is 4.79 Å². The summed E-state index contributed by atoms with van der Waals surface area (Å²) in [5.41, 5.74) is 2.54. The number of rotatable bonds is 2. The van der Waals surface area contributed by atoms with Gasteiger partial charge in [0.2, 0.25) is 0 Å². The Morgan fingerprint density at radius 3 is 1.43 bits per heavy atom. The van der Waals surface area contributed by atoms with Crippen LogP contribution in [0.4, 0.5) is 0 Å². The van der Waals surface area contributed by atoms with E-state index in [1.807, 2.05) is 117 Å². The quantitative estimate of drug-likeness (QED) is 0.530. The second-order valence-electron chi connectivity index (χ2n) is 3.51. The van der Waals surface area contributed by atoms with E-state index in [1.54, 1.807) is 0 Å². The predicted octanol–water partition coefficient (Wildman–Crippen LogP) is 7.33. The lowest BCUT2D eigenvalue weighted by atomic mass is 9.99. The van der Waals surface area contributed by atoms with Crippen LogP contribution in [0.2, 0.25) is 0 Å². The molecule has 0 aromatic heterocycles. The molecule has 0 N–H and O–H groups in total. The van der Waals surface area contributed by atoms with Crippen LogP contribution >= 0.6 is 0 Å². The standard InChI is InChI=1S/C14H12O.4C2H6/c1-11-7-5-6-10-13(11)14(15)12-8-3-2-4-9-12;4*1-2/h2-10H,1H3;4*1-2H3. The third kappa shape index (κ3) is 10.5. The van der Waals surface area contributed by atoms with E-state index in [2.05, 4.69) is 0 Å². The molecule has 0 fully saturated rings. The predicted molar refractivity (Wildman–Crippen MR) is 106 cm³/mol. The molecule has 0 saturated carbocycles. The number of carbonyl (C=O) groups is 1. The number of hydrogen-bond acceptors (Lipinski definition) is 1. The van der Waals surface area contributed by atoms with Crippen molar-refractivity contribution in [2.45, 2.75) is 62.3 Å². The summed E-state index contributed by atoms with van der Waals surface area (Å²) in [6, 6.07) is 17.0. The average molecular weight is 317 g/mol. The van der Waals surface area contributed by atoms with Gasteiger partial charge in [-0.05, 0) is 12.5 Å². The molecule has 23 heavy (non-hydrogen) atoms. The molecule has 0 amide bonds. The zero-order valence-electron chi connectivity index (χ0n) is 16.6. The highest BCUT2D eigenvalue weighted by Gasteiger charge is 2.09. The van der Waals surface area contributed by atoms with E-state index in [4.69, 9.17) is 0 Å². The molecule has 0 aliphatic rings. The number of benzene rings is 2. The minimum atomic E-state index is 0.0914. The summed E-state index contributed by atoms with van der Waals surface area (Å²) in [4.78, 5) is 12.1. The minimum absolute atomic E-state index is 0.0914. The molecule has 1 heteroatoms. The van der Waals surface area contributed by atoms with E-state index in [0.717, 1.165) is 16.7 Å². The fraction of sp³-hybridized carbons (Fsp3) is 0.409. The maximum Gasteiger partial charge on any atom is 0.193 e. The fourth-order valence-electron chi connectivity index (χ4n) is 1.57. The largest absolute Gasteiger partial charge is 0.289 e. The Balaban J connectivity index is -0.000000438. The van der Waals surface area contributed by atoms with E-state index in [1.165, 1.54) is 0 Å². The van der Waals surface area contributed by atoms with Crippen molar-refractivity contribution in [1.29, 1.82) is 0 Å². The summed E-state index contributed by atoms with van der Waals surface area (Å²) in [6.07, 6.45) is 0. The lowest BCUT2D eigenvalue weighted by Crippen LogP contribution is -2.02. The number of hydrogen-bond donors (Lipinski definition) is 0. The van der Waals surface area contributed by atoms with Gasteiger partial charge in [-0.15, -0.1) is 0 Å². The number of aryl methyl sites for hydroxylation is 1. The van der Waals surface area contributed by atoms with Crippen LogP contribution in [0.5, 0.6) is 0 Å². The van der Waals surface area contributed by atoms with Crippen molar-refractivity contribution in [3.63, 3.8) is 0 Å². The van der Waals surface area contributed by atoms with E-state index in [-0.39, 0.29) is 5.78 Å². The average Bonchev–Trinajstić information content (AvgIpc) is 2.69. The van der Waals surface area contributed by atoms with Gasteiger partial charge < -0.3 is 0 Å². The van der Waals surface area contributed by atoms with E-state index in [9.17, 15) is 4.79 Å². The van der Waals surface area contributed by atoms with Crippen LogP contribution in [0, 0.1) is 6.92 Å². The smallest absolute Gasteiger partial charge is 0.193 e. The molecule has 0 spiro atoms. The lowest BCUT2D eigenvalue weighted by Gasteiger charge is -2.03. The second-order valence-corrected chi connectivity index (χ2v) is 3.51. The molecule has 2 aromatic carbocycles. The monoisotopic (exact) mass is 316 g/mol. The summed E-state index contributed by atoms with van der Waals surface area (Å²) < 4.78 is 0. The molecule has 0 unspecified atom stereocenters. The first kappa shape index (κ1) is 26.0. The first-order valence-corrected chi connectivity index (χ1v) is 8.94. The molecular formula is C22H36O. The summed E-state index contributed by atoms with van der Waals surface area (Å²) in [5, 5.41) is 0. The van der Waals surface area contributed by atoms with Crippen molar-refractivity contribution in [3.8, 4) is 0 Å².